The van der Waals surface area contributed by atoms with E-state index < -0.39 is 0 Å². The molecule has 1 unspecified atom stereocenters. The van der Waals surface area contributed by atoms with Crippen LogP contribution in [0.2, 0.25) is 0 Å². The van der Waals surface area contributed by atoms with Crippen molar-refractivity contribution in [2.45, 2.75) is 39.3 Å². The Morgan fingerprint density at radius 2 is 2.33 bits per heavy atom. The van der Waals surface area contributed by atoms with Gasteiger partial charge in [0, 0.05) is 25.9 Å². The van der Waals surface area contributed by atoms with Crippen molar-refractivity contribution >= 4 is 5.91 Å². The Morgan fingerprint density at radius 1 is 1.61 bits per heavy atom. The van der Waals surface area contributed by atoms with Gasteiger partial charge in [-0.2, -0.15) is 5.10 Å². The van der Waals surface area contributed by atoms with Crippen LogP contribution in [0.25, 0.3) is 0 Å². The zero-order chi connectivity index (χ0) is 13.3. The number of aromatic nitrogens is 2. The van der Waals surface area contributed by atoms with Gasteiger partial charge >= 0.3 is 0 Å². The van der Waals surface area contributed by atoms with E-state index >= 15 is 0 Å². The van der Waals surface area contributed by atoms with Gasteiger partial charge in [-0.15, -0.1) is 0 Å². The minimum absolute atomic E-state index is 0.0612. The third-order valence-corrected chi connectivity index (χ3v) is 3.33. The lowest BCUT2D eigenvalue weighted by Gasteiger charge is -2.31. The molecule has 0 radical (unpaired) electrons. The second-order valence-electron chi connectivity index (χ2n) is 5.13. The van der Waals surface area contributed by atoms with Crippen LogP contribution in [0.3, 0.4) is 0 Å². The predicted molar refractivity (Wildman–Crippen MR) is 68.5 cm³/mol. The fraction of sp³-hybridized carbons (Fsp3) is 0.692. The van der Waals surface area contributed by atoms with Gasteiger partial charge in [0.25, 0.3) is 5.91 Å². The Kier molecular flexibility index (Phi) is 3.71. The molecular formula is C13H21N3O2. The van der Waals surface area contributed by atoms with Crippen LogP contribution < -0.4 is 0 Å². The topological polar surface area (TPSA) is 47.4 Å². The molecule has 0 aromatic carbocycles. The van der Waals surface area contributed by atoms with E-state index in [9.17, 15) is 4.79 Å². The summed E-state index contributed by atoms with van der Waals surface area (Å²) in [5, 5.41) is 4.24. The van der Waals surface area contributed by atoms with Gasteiger partial charge in [-0.05, 0) is 27.2 Å². The maximum absolute atomic E-state index is 12.6. The van der Waals surface area contributed by atoms with E-state index in [0.717, 1.165) is 18.7 Å². The summed E-state index contributed by atoms with van der Waals surface area (Å²) in [6.45, 7) is 7.34. The molecule has 2 heterocycles. The number of hydrogen-bond acceptors (Lipinski definition) is 3. The summed E-state index contributed by atoms with van der Waals surface area (Å²) in [5.74, 6) is 0.0612. The smallest absolute Gasteiger partial charge is 0.257 e. The molecule has 0 N–H and O–H groups in total. The van der Waals surface area contributed by atoms with E-state index in [-0.39, 0.29) is 18.0 Å². The summed E-state index contributed by atoms with van der Waals surface area (Å²) in [4.78, 5) is 14.6. The third kappa shape index (κ3) is 2.41. The molecule has 0 saturated carbocycles. The average Bonchev–Trinajstić information content (AvgIpc) is 2.88. The van der Waals surface area contributed by atoms with Crippen LogP contribution in [0.15, 0.2) is 6.20 Å². The van der Waals surface area contributed by atoms with Crippen molar-refractivity contribution in [2.75, 3.05) is 13.2 Å². The van der Waals surface area contributed by atoms with Crippen LogP contribution >= 0.6 is 0 Å². The minimum atomic E-state index is 0.0612. The largest absolute Gasteiger partial charge is 0.379 e. The van der Waals surface area contributed by atoms with Crippen molar-refractivity contribution in [1.82, 2.24) is 14.7 Å². The first kappa shape index (κ1) is 13.1. The number of amides is 1. The summed E-state index contributed by atoms with van der Waals surface area (Å²) in [6, 6.07) is 0.362. The van der Waals surface area contributed by atoms with Crippen molar-refractivity contribution < 1.29 is 9.53 Å². The molecule has 100 valence electrons. The highest BCUT2D eigenvalue weighted by Crippen LogP contribution is 2.20. The number of rotatable bonds is 3. The number of hydrogen-bond donors (Lipinski definition) is 0. The minimum Gasteiger partial charge on any atom is -0.379 e. The molecule has 5 nitrogen and oxygen atoms in total. The molecule has 1 atom stereocenters. The van der Waals surface area contributed by atoms with Crippen LogP contribution in [0.1, 0.15) is 36.3 Å². The molecule has 1 fully saturated rings. The van der Waals surface area contributed by atoms with Crippen molar-refractivity contribution in [3.8, 4) is 0 Å². The average molecular weight is 251 g/mol. The molecule has 18 heavy (non-hydrogen) atoms. The summed E-state index contributed by atoms with van der Waals surface area (Å²) < 4.78 is 7.08. The Hall–Kier alpha value is -1.36. The van der Waals surface area contributed by atoms with Gasteiger partial charge < -0.3 is 9.64 Å². The van der Waals surface area contributed by atoms with Crippen LogP contribution in [0, 0.1) is 6.92 Å². The van der Waals surface area contributed by atoms with Crippen molar-refractivity contribution in [1.29, 1.82) is 0 Å². The normalized spacial score (nSPS) is 19.5. The molecule has 1 aromatic rings. The fourth-order valence-corrected chi connectivity index (χ4v) is 2.51. The maximum Gasteiger partial charge on any atom is 0.257 e. The summed E-state index contributed by atoms with van der Waals surface area (Å²) in [6.07, 6.45) is 2.71. The first-order valence-corrected chi connectivity index (χ1v) is 6.41. The molecule has 0 spiro atoms. The molecule has 1 saturated heterocycles. The van der Waals surface area contributed by atoms with E-state index in [0.29, 0.717) is 12.2 Å². The van der Waals surface area contributed by atoms with Gasteiger partial charge in [0.05, 0.1) is 23.9 Å². The lowest BCUT2D eigenvalue weighted by atomic mass is 10.1. The van der Waals surface area contributed by atoms with Gasteiger partial charge in [0.15, 0.2) is 0 Å². The quantitative estimate of drug-likeness (QED) is 0.815. The number of ether oxygens (including phenoxy) is 1. The third-order valence-electron chi connectivity index (χ3n) is 3.33. The molecule has 1 aromatic heterocycles. The SMILES string of the molecule is Cc1nn(C)cc1C(=O)N(C(C)C)C1CCOC1. The highest BCUT2D eigenvalue weighted by Gasteiger charge is 2.31. The first-order valence-electron chi connectivity index (χ1n) is 6.41. The van der Waals surface area contributed by atoms with Crippen molar-refractivity contribution in [3.05, 3.63) is 17.5 Å². The monoisotopic (exact) mass is 251 g/mol. The van der Waals surface area contributed by atoms with Gasteiger partial charge in [-0.3, -0.25) is 9.48 Å². The Balaban J connectivity index is 2.25. The number of nitrogens with zero attached hydrogens (tertiary/aromatic N) is 3. The summed E-state index contributed by atoms with van der Waals surface area (Å²) >= 11 is 0. The maximum atomic E-state index is 12.6. The number of aryl methyl sites for hydroxylation is 2. The lowest BCUT2D eigenvalue weighted by Crippen LogP contribution is -2.45. The molecule has 1 amide bonds. The highest BCUT2D eigenvalue weighted by molar-refractivity contribution is 5.95. The standard InChI is InChI=1S/C13H21N3O2/c1-9(2)16(11-5-6-18-8-11)13(17)12-7-15(4)14-10(12)3/h7,9,11H,5-6,8H2,1-4H3. The summed E-state index contributed by atoms with van der Waals surface area (Å²) in [7, 11) is 1.84. The molecule has 2 rings (SSSR count). The molecule has 1 aliphatic rings. The van der Waals surface area contributed by atoms with E-state index in [4.69, 9.17) is 4.74 Å². The Bertz CT molecular complexity index is 433. The van der Waals surface area contributed by atoms with Crippen LogP contribution in [0.4, 0.5) is 0 Å². The lowest BCUT2D eigenvalue weighted by molar-refractivity contribution is 0.0580. The van der Waals surface area contributed by atoms with E-state index in [2.05, 4.69) is 5.10 Å². The zero-order valence-electron chi connectivity index (χ0n) is 11.5. The molecule has 0 aliphatic carbocycles. The van der Waals surface area contributed by atoms with Crippen molar-refractivity contribution in [3.63, 3.8) is 0 Å². The van der Waals surface area contributed by atoms with Gasteiger partial charge in [-0.1, -0.05) is 0 Å². The zero-order valence-corrected chi connectivity index (χ0v) is 11.5. The fourth-order valence-electron chi connectivity index (χ4n) is 2.51. The molecule has 1 aliphatic heterocycles. The van der Waals surface area contributed by atoms with Gasteiger partial charge in [0.2, 0.25) is 0 Å². The van der Waals surface area contributed by atoms with Crippen LogP contribution in [0.5, 0.6) is 0 Å². The van der Waals surface area contributed by atoms with E-state index in [1.165, 1.54) is 0 Å². The van der Waals surface area contributed by atoms with Gasteiger partial charge in [0.1, 0.15) is 0 Å². The van der Waals surface area contributed by atoms with E-state index in [1.54, 1.807) is 10.9 Å². The van der Waals surface area contributed by atoms with Gasteiger partial charge in [-0.25, -0.2) is 0 Å². The highest BCUT2D eigenvalue weighted by atomic mass is 16.5. The number of carbonyl (C=O) groups excluding carboxylic acids is 1. The second kappa shape index (κ2) is 5.10. The first-order chi connectivity index (χ1) is 8.50. The number of carbonyl (C=O) groups is 1. The summed E-state index contributed by atoms with van der Waals surface area (Å²) in [5.41, 5.74) is 1.48. The predicted octanol–water partition coefficient (Wildman–Crippen LogP) is 1.37. The van der Waals surface area contributed by atoms with Crippen molar-refractivity contribution in [2.24, 2.45) is 7.05 Å². The molecule has 5 heteroatoms. The van der Waals surface area contributed by atoms with E-state index in [1.807, 2.05) is 32.7 Å². The Labute approximate surface area is 108 Å². The van der Waals surface area contributed by atoms with Crippen LogP contribution in [-0.4, -0.2) is 45.9 Å². The Morgan fingerprint density at radius 3 is 2.78 bits per heavy atom. The molecular weight excluding hydrogens is 230 g/mol. The molecule has 0 bridgehead atoms. The van der Waals surface area contributed by atoms with Crippen LogP contribution in [-0.2, 0) is 11.8 Å². The second-order valence-corrected chi connectivity index (χ2v) is 5.13.